The maximum atomic E-state index is 9.56. The van der Waals surface area contributed by atoms with Gasteiger partial charge in [-0.3, -0.25) is 0 Å². The number of halogens is 4. The first-order valence-corrected chi connectivity index (χ1v) is 7.96. The zero-order chi connectivity index (χ0) is 16.3. The van der Waals surface area contributed by atoms with Crippen LogP contribution in [0.25, 0.3) is 0 Å². The fraction of sp³-hybridized carbons (Fsp3) is 0.200. The summed E-state index contributed by atoms with van der Waals surface area (Å²) in [4.78, 5) is 0. The van der Waals surface area contributed by atoms with Crippen LogP contribution in [0.3, 0.4) is 0 Å². The fourth-order valence-corrected chi connectivity index (χ4v) is 2.99. The van der Waals surface area contributed by atoms with Crippen LogP contribution < -0.4 is 10.1 Å². The second-order valence-corrected chi connectivity index (χ2v) is 6.11. The molecule has 0 saturated heterocycles. The number of nitrogens with one attached hydrogen (secondary N) is 1. The van der Waals surface area contributed by atoms with Crippen molar-refractivity contribution in [2.75, 3.05) is 11.9 Å². The third-order valence-corrected chi connectivity index (χ3v) is 3.95. The van der Waals surface area contributed by atoms with E-state index in [1.165, 1.54) is 0 Å². The van der Waals surface area contributed by atoms with E-state index in [9.17, 15) is 5.11 Å². The molecule has 22 heavy (non-hydrogen) atoms. The predicted octanol–water partition coefficient (Wildman–Crippen LogP) is 6.02. The fourth-order valence-electron chi connectivity index (χ4n) is 1.92. The highest BCUT2D eigenvalue weighted by atomic mass is 35.5. The van der Waals surface area contributed by atoms with Gasteiger partial charge < -0.3 is 15.2 Å². The molecule has 0 aliphatic carbocycles. The predicted molar refractivity (Wildman–Crippen MR) is 93.1 cm³/mol. The molecule has 0 fully saturated rings. The van der Waals surface area contributed by atoms with E-state index in [-0.39, 0.29) is 15.8 Å². The number of anilines is 1. The molecule has 0 radical (unpaired) electrons. The van der Waals surface area contributed by atoms with Crippen molar-refractivity contribution < 1.29 is 9.84 Å². The van der Waals surface area contributed by atoms with E-state index in [2.05, 4.69) is 5.32 Å². The molecular weight excluding hydrogens is 368 g/mol. The van der Waals surface area contributed by atoms with E-state index in [1.807, 2.05) is 6.92 Å². The summed E-state index contributed by atoms with van der Waals surface area (Å²) in [6.45, 7) is 2.78. The van der Waals surface area contributed by atoms with Crippen LogP contribution in [0, 0.1) is 0 Å². The van der Waals surface area contributed by atoms with Gasteiger partial charge in [0.05, 0.1) is 21.7 Å². The first-order valence-electron chi connectivity index (χ1n) is 6.45. The summed E-state index contributed by atoms with van der Waals surface area (Å²) in [5, 5.41) is 14.0. The van der Waals surface area contributed by atoms with E-state index < -0.39 is 0 Å². The summed E-state index contributed by atoms with van der Waals surface area (Å²) in [7, 11) is 0. The summed E-state index contributed by atoms with van der Waals surface area (Å²) < 4.78 is 5.56. The van der Waals surface area contributed by atoms with Gasteiger partial charge in [0.15, 0.2) is 5.75 Å². The smallest absolute Gasteiger partial charge is 0.152 e. The molecule has 7 heteroatoms. The first-order chi connectivity index (χ1) is 10.4. The van der Waals surface area contributed by atoms with Gasteiger partial charge >= 0.3 is 0 Å². The normalized spacial score (nSPS) is 10.6. The zero-order valence-corrected chi connectivity index (χ0v) is 14.6. The SMILES string of the molecule is CCOc1c(Cl)cc(Cl)cc1CNc1cc(Cl)c(O)c(Cl)c1. The number of phenolic OH excluding ortho intramolecular Hbond substituents is 1. The summed E-state index contributed by atoms with van der Waals surface area (Å²) in [6.07, 6.45) is 0. The van der Waals surface area contributed by atoms with Gasteiger partial charge in [-0.05, 0) is 31.2 Å². The van der Waals surface area contributed by atoms with E-state index >= 15 is 0 Å². The third kappa shape index (κ3) is 4.05. The molecule has 2 aromatic rings. The summed E-state index contributed by atoms with van der Waals surface area (Å²) >= 11 is 24.0. The minimum Gasteiger partial charge on any atom is -0.505 e. The highest BCUT2D eigenvalue weighted by Gasteiger charge is 2.12. The van der Waals surface area contributed by atoms with Crippen LogP contribution in [0.1, 0.15) is 12.5 Å². The Morgan fingerprint density at radius 3 is 2.23 bits per heavy atom. The first kappa shape index (κ1) is 17.4. The van der Waals surface area contributed by atoms with Crippen molar-refractivity contribution in [1.29, 1.82) is 0 Å². The lowest BCUT2D eigenvalue weighted by atomic mass is 10.2. The Balaban J connectivity index is 2.24. The lowest BCUT2D eigenvalue weighted by Crippen LogP contribution is -2.04. The molecular formula is C15H13Cl4NO2. The largest absolute Gasteiger partial charge is 0.505 e. The van der Waals surface area contributed by atoms with Crippen molar-refractivity contribution in [1.82, 2.24) is 0 Å². The molecule has 0 heterocycles. The van der Waals surface area contributed by atoms with Gasteiger partial charge in [-0.2, -0.15) is 0 Å². The Hall–Kier alpha value is -1.00. The molecule has 0 aliphatic rings. The van der Waals surface area contributed by atoms with Crippen LogP contribution in [0.2, 0.25) is 20.1 Å². The lowest BCUT2D eigenvalue weighted by Gasteiger charge is -2.14. The van der Waals surface area contributed by atoms with Gasteiger partial charge in [0.1, 0.15) is 5.75 Å². The van der Waals surface area contributed by atoms with Gasteiger partial charge in [-0.25, -0.2) is 0 Å². The molecule has 0 aliphatic heterocycles. The minimum atomic E-state index is -0.144. The second kappa shape index (κ2) is 7.51. The van der Waals surface area contributed by atoms with Crippen molar-refractivity contribution in [2.24, 2.45) is 0 Å². The Bertz CT molecular complexity index is 668. The van der Waals surface area contributed by atoms with Crippen molar-refractivity contribution in [2.45, 2.75) is 13.5 Å². The van der Waals surface area contributed by atoms with Crippen LogP contribution in [-0.4, -0.2) is 11.7 Å². The summed E-state index contributed by atoms with van der Waals surface area (Å²) in [5.74, 6) is 0.437. The number of hydrogen-bond donors (Lipinski definition) is 2. The van der Waals surface area contributed by atoms with Gasteiger partial charge in [-0.1, -0.05) is 46.4 Å². The Morgan fingerprint density at radius 1 is 1.00 bits per heavy atom. The molecule has 2 aromatic carbocycles. The average molecular weight is 381 g/mol. The van der Waals surface area contributed by atoms with E-state index in [4.69, 9.17) is 51.1 Å². The van der Waals surface area contributed by atoms with Crippen LogP contribution in [0.15, 0.2) is 24.3 Å². The average Bonchev–Trinajstić information content (AvgIpc) is 2.45. The highest BCUT2D eigenvalue weighted by molar-refractivity contribution is 6.37. The Labute approximate surface area is 148 Å². The molecule has 3 nitrogen and oxygen atoms in total. The molecule has 0 spiro atoms. The monoisotopic (exact) mass is 379 g/mol. The molecule has 0 atom stereocenters. The maximum absolute atomic E-state index is 9.56. The Kier molecular flexibility index (Phi) is 5.93. The van der Waals surface area contributed by atoms with Gasteiger partial charge in [-0.15, -0.1) is 0 Å². The molecule has 0 aromatic heterocycles. The van der Waals surface area contributed by atoms with Crippen molar-refractivity contribution in [3.63, 3.8) is 0 Å². The molecule has 0 saturated carbocycles. The lowest BCUT2D eigenvalue weighted by molar-refractivity contribution is 0.337. The summed E-state index contributed by atoms with van der Waals surface area (Å²) in [6, 6.07) is 6.56. The maximum Gasteiger partial charge on any atom is 0.152 e. The van der Waals surface area contributed by atoms with Crippen LogP contribution in [0.5, 0.6) is 11.5 Å². The quantitative estimate of drug-likeness (QED) is 0.623. The number of aromatic hydroxyl groups is 1. The van der Waals surface area contributed by atoms with E-state index in [1.54, 1.807) is 24.3 Å². The van der Waals surface area contributed by atoms with E-state index in [0.717, 1.165) is 5.56 Å². The van der Waals surface area contributed by atoms with Gasteiger partial charge in [0, 0.05) is 22.8 Å². The number of rotatable bonds is 5. The number of hydrogen-bond acceptors (Lipinski definition) is 3. The number of benzene rings is 2. The number of ether oxygens (including phenoxy) is 1. The topological polar surface area (TPSA) is 41.5 Å². The zero-order valence-electron chi connectivity index (χ0n) is 11.6. The molecule has 2 rings (SSSR count). The standard InChI is InChI=1S/C15H13Cl4NO2/c1-2-22-15-8(3-9(16)4-13(15)19)7-20-10-5-11(17)14(21)12(18)6-10/h3-6,20-21H,2,7H2,1H3. The van der Waals surface area contributed by atoms with E-state index in [0.29, 0.717) is 34.6 Å². The van der Waals surface area contributed by atoms with Crippen molar-refractivity contribution in [3.8, 4) is 11.5 Å². The molecule has 2 N–H and O–H groups in total. The summed E-state index contributed by atoms with van der Waals surface area (Å²) in [5.41, 5.74) is 1.46. The molecule has 0 unspecified atom stereocenters. The molecule has 0 amide bonds. The second-order valence-electron chi connectivity index (χ2n) is 4.45. The molecule has 0 bridgehead atoms. The van der Waals surface area contributed by atoms with Crippen LogP contribution in [0.4, 0.5) is 5.69 Å². The molecule has 118 valence electrons. The van der Waals surface area contributed by atoms with Gasteiger partial charge in [0.25, 0.3) is 0 Å². The third-order valence-electron chi connectivity index (χ3n) is 2.87. The van der Waals surface area contributed by atoms with Crippen molar-refractivity contribution >= 4 is 52.1 Å². The minimum absolute atomic E-state index is 0.144. The van der Waals surface area contributed by atoms with Gasteiger partial charge in [0.2, 0.25) is 0 Å². The highest BCUT2D eigenvalue weighted by Crippen LogP contribution is 2.36. The van der Waals surface area contributed by atoms with Crippen LogP contribution in [-0.2, 0) is 6.54 Å². The van der Waals surface area contributed by atoms with Crippen molar-refractivity contribution in [3.05, 3.63) is 49.9 Å². The number of phenols is 1. The Morgan fingerprint density at radius 2 is 1.64 bits per heavy atom. The van der Waals surface area contributed by atoms with Crippen LogP contribution >= 0.6 is 46.4 Å².